The molecule has 0 radical (unpaired) electrons. The van der Waals surface area contributed by atoms with Gasteiger partial charge in [0.05, 0.1) is 11.4 Å². The number of methoxy groups -OCH3 is 1. The number of hydrogen-bond acceptors (Lipinski definition) is 4. The van der Waals surface area contributed by atoms with Crippen LogP contribution in [0.2, 0.25) is 0 Å². The number of carboxylic acids is 1. The van der Waals surface area contributed by atoms with Crippen molar-refractivity contribution in [3.8, 4) is 0 Å². The maximum absolute atomic E-state index is 13.8. The monoisotopic (exact) mass is 317 g/mol. The molecule has 21 heavy (non-hydrogen) atoms. The molecule has 0 fully saturated rings. The van der Waals surface area contributed by atoms with E-state index in [2.05, 4.69) is 4.72 Å². The number of carboxylic acid groups (broad SMARTS) is 1. The van der Waals surface area contributed by atoms with Crippen molar-refractivity contribution >= 4 is 27.8 Å². The summed E-state index contributed by atoms with van der Waals surface area (Å²) in [6, 6.07) is 3.70. The highest BCUT2D eigenvalue weighted by Gasteiger charge is 2.13. The molecule has 0 aliphatic carbocycles. The maximum atomic E-state index is 13.8. The molecule has 0 unspecified atom stereocenters. The fraction of sp³-hybridized carbons (Fsp3) is 0.308. The van der Waals surface area contributed by atoms with Crippen molar-refractivity contribution in [2.45, 2.75) is 6.42 Å². The Balaban J connectivity index is 2.79. The van der Waals surface area contributed by atoms with E-state index >= 15 is 0 Å². The molecule has 0 spiro atoms. The second kappa shape index (κ2) is 7.75. The minimum atomic E-state index is -3.65. The van der Waals surface area contributed by atoms with Crippen LogP contribution in [0.15, 0.2) is 24.3 Å². The van der Waals surface area contributed by atoms with E-state index < -0.39 is 21.8 Å². The van der Waals surface area contributed by atoms with Crippen LogP contribution in [0.3, 0.4) is 0 Å². The van der Waals surface area contributed by atoms with Gasteiger partial charge in [-0.05, 0) is 30.2 Å². The van der Waals surface area contributed by atoms with Crippen LogP contribution in [0, 0.1) is 5.82 Å². The highest BCUT2D eigenvalue weighted by molar-refractivity contribution is 7.92. The molecule has 8 heteroatoms. The fourth-order valence-electron chi connectivity index (χ4n) is 1.50. The van der Waals surface area contributed by atoms with Gasteiger partial charge in [0, 0.05) is 19.8 Å². The zero-order valence-electron chi connectivity index (χ0n) is 11.4. The molecule has 1 aromatic carbocycles. The fourth-order valence-corrected chi connectivity index (χ4v) is 2.60. The summed E-state index contributed by atoms with van der Waals surface area (Å²) >= 11 is 0. The molecule has 0 bridgehead atoms. The molecule has 6 nitrogen and oxygen atoms in total. The molecule has 0 amide bonds. The summed E-state index contributed by atoms with van der Waals surface area (Å²) in [7, 11) is -2.19. The second-order valence-electron chi connectivity index (χ2n) is 4.18. The summed E-state index contributed by atoms with van der Waals surface area (Å²) in [5.74, 6) is -2.11. The SMILES string of the molecule is COCCCS(=O)(=O)Nc1ccc(C=CC(=O)O)cc1F. The van der Waals surface area contributed by atoms with Crippen molar-refractivity contribution < 1.29 is 27.4 Å². The normalized spacial score (nSPS) is 11.7. The Labute approximate surface area is 122 Å². The van der Waals surface area contributed by atoms with Crippen molar-refractivity contribution in [2.24, 2.45) is 0 Å². The first-order valence-electron chi connectivity index (χ1n) is 6.04. The lowest BCUT2D eigenvalue weighted by molar-refractivity contribution is -0.131. The molecular weight excluding hydrogens is 301 g/mol. The van der Waals surface area contributed by atoms with E-state index in [1.807, 2.05) is 0 Å². The number of rotatable bonds is 8. The quantitative estimate of drug-likeness (QED) is 0.562. The first-order valence-corrected chi connectivity index (χ1v) is 7.69. The maximum Gasteiger partial charge on any atom is 0.328 e. The van der Waals surface area contributed by atoms with E-state index in [4.69, 9.17) is 9.84 Å². The summed E-state index contributed by atoms with van der Waals surface area (Å²) in [5, 5.41) is 8.47. The van der Waals surface area contributed by atoms with Crippen LogP contribution in [0.1, 0.15) is 12.0 Å². The Morgan fingerprint density at radius 3 is 2.76 bits per heavy atom. The molecule has 0 aliphatic rings. The van der Waals surface area contributed by atoms with E-state index in [0.717, 1.165) is 12.1 Å². The average molecular weight is 317 g/mol. The molecule has 0 aromatic heterocycles. The van der Waals surface area contributed by atoms with Gasteiger partial charge in [0.15, 0.2) is 0 Å². The average Bonchev–Trinajstić information content (AvgIpc) is 2.39. The Hall–Kier alpha value is -1.93. The minimum Gasteiger partial charge on any atom is -0.478 e. The Kier molecular flexibility index (Phi) is 6.32. The van der Waals surface area contributed by atoms with Gasteiger partial charge >= 0.3 is 5.97 Å². The van der Waals surface area contributed by atoms with Gasteiger partial charge in [-0.15, -0.1) is 0 Å². The van der Waals surface area contributed by atoms with Gasteiger partial charge in [-0.1, -0.05) is 6.07 Å². The third-order valence-corrected chi connectivity index (χ3v) is 3.80. The van der Waals surface area contributed by atoms with E-state index in [-0.39, 0.29) is 11.4 Å². The van der Waals surface area contributed by atoms with E-state index in [1.165, 1.54) is 25.3 Å². The standard InChI is InChI=1S/C13H16FNO5S/c1-20-7-2-8-21(18,19)15-12-5-3-10(9-11(12)14)4-6-13(16)17/h3-6,9,15H,2,7-8H2,1H3,(H,16,17). The molecule has 0 heterocycles. The van der Waals surface area contributed by atoms with Gasteiger partial charge in [-0.3, -0.25) is 4.72 Å². The van der Waals surface area contributed by atoms with E-state index in [0.29, 0.717) is 18.6 Å². The van der Waals surface area contributed by atoms with E-state index in [9.17, 15) is 17.6 Å². The number of sulfonamides is 1. The van der Waals surface area contributed by atoms with Crippen molar-refractivity contribution in [3.05, 3.63) is 35.7 Å². The van der Waals surface area contributed by atoms with Crippen LogP contribution in [0.5, 0.6) is 0 Å². The highest BCUT2D eigenvalue weighted by atomic mass is 32.2. The largest absolute Gasteiger partial charge is 0.478 e. The summed E-state index contributed by atoms with van der Waals surface area (Å²) in [4.78, 5) is 10.4. The van der Waals surface area contributed by atoms with Crippen LogP contribution in [-0.4, -0.2) is 39.0 Å². The smallest absolute Gasteiger partial charge is 0.328 e. The van der Waals surface area contributed by atoms with Gasteiger partial charge in [0.1, 0.15) is 5.82 Å². The summed E-state index contributed by atoms with van der Waals surface area (Å²) in [6.07, 6.45) is 2.37. The molecule has 0 aliphatic heterocycles. The van der Waals surface area contributed by atoms with Gasteiger partial charge in [-0.25, -0.2) is 17.6 Å². The number of benzene rings is 1. The predicted octanol–water partition coefficient (Wildman–Crippen LogP) is 1.70. The first-order chi connectivity index (χ1) is 9.84. The van der Waals surface area contributed by atoms with Gasteiger partial charge in [0.2, 0.25) is 10.0 Å². The van der Waals surface area contributed by atoms with Crippen molar-refractivity contribution in [3.63, 3.8) is 0 Å². The lowest BCUT2D eigenvalue weighted by Gasteiger charge is -2.09. The Bertz CT molecular complexity index is 627. The van der Waals surface area contributed by atoms with Crippen LogP contribution < -0.4 is 4.72 Å². The number of carbonyl (C=O) groups is 1. The Morgan fingerprint density at radius 1 is 1.48 bits per heavy atom. The number of ether oxygens (including phenoxy) is 1. The molecule has 2 N–H and O–H groups in total. The van der Waals surface area contributed by atoms with Crippen molar-refractivity contribution in [2.75, 3.05) is 24.2 Å². The molecule has 1 aromatic rings. The number of nitrogens with one attached hydrogen (secondary N) is 1. The molecule has 116 valence electrons. The zero-order valence-corrected chi connectivity index (χ0v) is 12.2. The Morgan fingerprint density at radius 2 is 2.19 bits per heavy atom. The molecule has 1 rings (SSSR count). The van der Waals surface area contributed by atoms with Gasteiger partial charge in [0.25, 0.3) is 0 Å². The highest BCUT2D eigenvalue weighted by Crippen LogP contribution is 2.18. The number of anilines is 1. The summed E-state index contributed by atoms with van der Waals surface area (Å²) in [6.45, 7) is 0.294. The summed E-state index contributed by atoms with van der Waals surface area (Å²) < 4.78 is 44.1. The number of aliphatic carboxylic acids is 1. The second-order valence-corrected chi connectivity index (χ2v) is 6.02. The minimum absolute atomic E-state index is 0.180. The van der Waals surface area contributed by atoms with Crippen LogP contribution >= 0.6 is 0 Å². The molecule has 0 atom stereocenters. The molecule has 0 saturated heterocycles. The number of halogens is 1. The van der Waals surface area contributed by atoms with Crippen molar-refractivity contribution in [1.82, 2.24) is 0 Å². The predicted molar refractivity (Wildman–Crippen MR) is 77.0 cm³/mol. The van der Waals surface area contributed by atoms with Crippen LogP contribution in [-0.2, 0) is 19.6 Å². The topological polar surface area (TPSA) is 92.7 Å². The van der Waals surface area contributed by atoms with Gasteiger partial charge in [-0.2, -0.15) is 0 Å². The van der Waals surface area contributed by atoms with E-state index in [1.54, 1.807) is 0 Å². The van der Waals surface area contributed by atoms with Crippen LogP contribution in [0.4, 0.5) is 10.1 Å². The third kappa shape index (κ3) is 6.37. The lowest BCUT2D eigenvalue weighted by Crippen LogP contribution is -2.18. The lowest BCUT2D eigenvalue weighted by atomic mass is 10.2. The van der Waals surface area contributed by atoms with Crippen molar-refractivity contribution in [1.29, 1.82) is 0 Å². The molecular formula is C13H16FNO5S. The molecule has 0 saturated carbocycles. The third-order valence-electron chi connectivity index (χ3n) is 2.44. The number of hydrogen-bond donors (Lipinski definition) is 2. The first kappa shape index (κ1) is 17.1. The van der Waals surface area contributed by atoms with Crippen LogP contribution in [0.25, 0.3) is 6.08 Å². The summed E-state index contributed by atoms with van der Waals surface area (Å²) in [5.41, 5.74) is 0.136. The van der Waals surface area contributed by atoms with Gasteiger partial charge < -0.3 is 9.84 Å². The zero-order chi connectivity index (χ0) is 15.9.